The highest BCUT2D eigenvalue weighted by molar-refractivity contribution is 7.94. The van der Waals surface area contributed by atoms with E-state index < -0.39 is 10.0 Å². The number of benzene rings is 1. The number of amides is 1. The second-order valence-electron chi connectivity index (χ2n) is 7.01. The molecule has 2 aromatic rings. The monoisotopic (exact) mass is 394 g/mol. The molecule has 9 heteroatoms. The summed E-state index contributed by atoms with van der Waals surface area (Å²) < 4.78 is 27.5. The van der Waals surface area contributed by atoms with Crippen LogP contribution in [0.2, 0.25) is 0 Å². The number of fused-ring (bicyclic) bond motifs is 1. The van der Waals surface area contributed by atoms with E-state index in [1.54, 1.807) is 0 Å². The Labute approximate surface area is 157 Å². The second kappa shape index (κ2) is 6.96. The molecule has 0 spiro atoms. The first kappa shape index (κ1) is 18.8. The lowest BCUT2D eigenvalue weighted by atomic mass is 10.1. The predicted octanol–water partition coefficient (Wildman–Crippen LogP) is 2.97. The maximum Gasteiger partial charge on any atom is 0.293 e. The van der Waals surface area contributed by atoms with Crippen molar-refractivity contribution in [1.82, 2.24) is 10.2 Å². The van der Waals surface area contributed by atoms with Crippen molar-refractivity contribution in [3.05, 3.63) is 29.3 Å². The van der Waals surface area contributed by atoms with Crippen LogP contribution in [0.5, 0.6) is 0 Å². The third-order valence-electron chi connectivity index (χ3n) is 4.12. The molecule has 2 heterocycles. The van der Waals surface area contributed by atoms with Crippen molar-refractivity contribution >= 4 is 38.1 Å². The van der Waals surface area contributed by atoms with E-state index in [1.165, 1.54) is 4.31 Å². The van der Waals surface area contributed by atoms with Gasteiger partial charge >= 0.3 is 0 Å². The standard InChI is InChI=1S/C17H22N4O3S2/c1-10(2)7-15(22)18-16-19-20-17(25-16)26(23,24)21-12(4)9-13-6-5-11(3)8-14(13)21/h5-6,8,10,12H,7,9H2,1-4H3,(H,18,19,22)/t12-/m0/s1. The van der Waals surface area contributed by atoms with Crippen molar-refractivity contribution in [2.24, 2.45) is 5.92 Å². The van der Waals surface area contributed by atoms with E-state index in [1.807, 2.05) is 45.9 Å². The van der Waals surface area contributed by atoms with Crippen molar-refractivity contribution in [1.29, 1.82) is 0 Å². The molecule has 7 nitrogen and oxygen atoms in total. The lowest BCUT2D eigenvalue weighted by molar-refractivity contribution is -0.116. The maximum absolute atomic E-state index is 13.1. The number of nitrogens with one attached hydrogen (secondary N) is 1. The normalized spacial score (nSPS) is 16.8. The molecule has 1 atom stereocenters. The van der Waals surface area contributed by atoms with E-state index >= 15 is 0 Å². The summed E-state index contributed by atoms with van der Waals surface area (Å²) in [5, 5.41) is 10.5. The fraction of sp³-hybridized carbons (Fsp3) is 0.471. The van der Waals surface area contributed by atoms with Crippen LogP contribution >= 0.6 is 11.3 Å². The van der Waals surface area contributed by atoms with Crippen LogP contribution in [0.25, 0.3) is 0 Å². The average molecular weight is 395 g/mol. The molecule has 1 N–H and O–H groups in total. The quantitative estimate of drug-likeness (QED) is 0.787. The van der Waals surface area contributed by atoms with Gasteiger partial charge in [0.15, 0.2) is 0 Å². The minimum absolute atomic E-state index is 0.112. The van der Waals surface area contributed by atoms with Gasteiger partial charge in [-0.15, -0.1) is 10.2 Å². The van der Waals surface area contributed by atoms with E-state index in [2.05, 4.69) is 15.5 Å². The van der Waals surface area contributed by atoms with Gasteiger partial charge in [-0.2, -0.15) is 8.42 Å². The Hall–Kier alpha value is -2.00. The summed E-state index contributed by atoms with van der Waals surface area (Å²) in [5.41, 5.74) is 2.69. The Balaban J connectivity index is 1.88. The number of carbonyl (C=O) groups is 1. The van der Waals surface area contributed by atoms with E-state index in [0.717, 1.165) is 22.5 Å². The van der Waals surface area contributed by atoms with Gasteiger partial charge in [0, 0.05) is 12.5 Å². The molecule has 0 saturated carbocycles. The lowest BCUT2D eigenvalue weighted by Crippen LogP contribution is -2.35. The van der Waals surface area contributed by atoms with E-state index in [9.17, 15) is 13.2 Å². The van der Waals surface area contributed by atoms with Gasteiger partial charge in [-0.05, 0) is 43.4 Å². The number of anilines is 2. The molecule has 26 heavy (non-hydrogen) atoms. The number of nitrogens with zero attached hydrogens (tertiary/aromatic N) is 3. The zero-order chi connectivity index (χ0) is 19.1. The molecule has 0 fully saturated rings. The van der Waals surface area contributed by atoms with Crippen LogP contribution in [-0.4, -0.2) is 30.6 Å². The van der Waals surface area contributed by atoms with Crippen molar-refractivity contribution in [3.63, 3.8) is 0 Å². The van der Waals surface area contributed by atoms with Crippen LogP contribution in [0.3, 0.4) is 0 Å². The molecule has 1 amide bonds. The van der Waals surface area contributed by atoms with Crippen molar-refractivity contribution in [3.8, 4) is 0 Å². The smallest absolute Gasteiger partial charge is 0.293 e. The van der Waals surface area contributed by atoms with Crippen LogP contribution in [0.1, 0.15) is 38.3 Å². The average Bonchev–Trinajstić information content (AvgIpc) is 3.10. The number of aromatic nitrogens is 2. The van der Waals surface area contributed by atoms with Gasteiger partial charge in [-0.3, -0.25) is 9.10 Å². The summed E-state index contributed by atoms with van der Waals surface area (Å²) in [6, 6.07) is 5.63. The fourth-order valence-corrected chi connectivity index (χ4v) is 5.73. The Kier molecular flexibility index (Phi) is 5.03. The summed E-state index contributed by atoms with van der Waals surface area (Å²) >= 11 is 0.879. The molecule has 1 aromatic heterocycles. The minimum Gasteiger partial charge on any atom is -0.300 e. The van der Waals surface area contributed by atoms with Crippen LogP contribution in [-0.2, 0) is 21.2 Å². The van der Waals surface area contributed by atoms with Gasteiger partial charge in [0.25, 0.3) is 14.4 Å². The van der Waals surface area contributed by atoms with Gasteiger partial charge in [-0.1, -0.05) is 37.3 Å². The molecule has 1 aliphatic rings. The van der Waals surface area contributed by atoms with Gasteiger partial charge in [0.2, 0.25) is 11.0 Å². The first-order valence-electron chi connectivity index (χ1n) is 8.46. The van der Waals surface area contributed by atoms with Gasteiger partial charge in [-0.25, -0.2) is 0 Å². The first-order chi connectivity index (χ1) is 12.2. The Morgan fingerprint density at radius 3 is 2.81 bits per heavy atom. The Morgan fingerprint density at radius 2 is 2.12 bits per heavy atom. The molecule has 140 valence electrons. The SMILES string of the molecule is Cc1ccc2c(c1)N(S(=O)(=O)c1nnc(NC(=O)CC(C)C)s1)[C@@H](C)C2. The highest BCUT2D eigenvalue weighted by Crippen LogP contribution is 2.38. The van der Waals surface area contributed by atoms with Gasteiger partial charge in [0.1, 0.15) is 0 Å². The summed E-state index contributed by atoms with van der Waals surface area (Å²) in [4.78, 5) is 11.9. The van der Waals surface area contributed by atoms with E-state index in [4.69, 9.17) is 0 Å². The number of hydrogen-bond donors (Lipinski definition) is 1. The molecule has 0 unspecified atom stereocenters. The second-order valence-corrected chi connectivity index (χ2v) is 9.97. The first-order valence-corrected chi connectivity index (χ1v) is 10.7. The zero-order valence-electron chi connectivity index (χ0n) is 15.2. The maximum atomic E-state index is 13.1. The number of aryl methyl sites for hydroxylation is 1. The number of carbonyl (C=O) groups excluding carboxylic acids is 1. The van der Waals surface area contributed by atoms with Crippen LogP contribution in [0.4, 0.5) is 10.8 Å². The van der Waals surface area contributed by atoms with Crippen molar-refractivity contribution < 1.29 is 13.2 Å². The van der Waals surface area contributed by atoms with E-state index in [0.29, 0.717) is 18.5 Å². The molecule has 1 aliphatic heterocycles. The predicted molar refractivity (Wildman–Crippen MR) is 102 cm³/mol. The summed E-state index contributed by atoms with van der Waals surface area (Å²) in [7, 11) is -3.83. The van der Waals surface area contributed by atoms with Crippen LogP contribution in [0, 0.1) is 12.8 Å². The minimum atomic E-state index is -3.83. The molecule has 0 radical (unpaired) electrons. The summed E-state index contributed by atoms with van der Waals surface area (Å²) in [6.07, 6.45) is 1.00. The van der Waals surface area contributed by atoms with Crippen molar-refractivity contribution in [2.45, 2.75) is 50.9 Å². The molecule has 0 bridgehead atoms. The fourth-order valence-electron chi connectivity index (χ4n) is 3.05. The third kappa shape index (κ3) is 3.59. The van der Waals surface area contributed by atoms with Gasteiger partial charge in [0.05, 0.1) is 5.69 Å². The lowest BCUT2D eigenvalue weighted by Gasteiger charge is -2.22. The molecule has 0 aliphatic carbocycles. The molecule has 3 rings (SSSR count). The number of rotatable bonds is 5. The largest absolute Gasteiger partial charge is 0.300 e. The summed E-state index contributed by atoms with van der Waals surface area (Å²) in [5.74, 6) is 0.00641. The highest BCUT2D eigenvalue weighted by Gasteiger charge is 2.38. The molecule has 0 saturated heterocycles. The number of sulfonamides is 1. The molecular formula is C17H22N4O3S2. The van der Waals surface area contributed by atoms with E-state index in [-0.39, 0.29) is 27.3 Å². The number of hydrogen-bond acceptors (Lipinski definition) is 6. The molecule has 1 aromatic carbocycles. The Morgan fingerprint density at radius 1 is 1.38 bits per heavy atom. The highest BCUT2D eigenvalue weighted by atomic mass is 32.2. The zero-order valence-corrected chi connectivity index (χ0v) is 16.8. The van der Waals surface area contributed by atoms with Gasteiger partial charge < -0.3 is 5.32 Å². The van der Waals surface area contributed by atoms with Crippen molar-refractivity contribution in [2.75, 3.05) is 9.62 Å². The van der Waals surface area contributed by atoms with Crippen LogP contribution in [0.15, 0.2) is 22.5 Å². The topological polar surface area (TPSA) is 92.3 Å². The summed E-state index contributed by atoms with van der Waals surface area (Å²) in [6.45, 7) is 7.67. The Bertz CT molecular complexity index is 937. The third-order valence-corrected chi connectivity index (χ3v) is 7.23. The van der Waals surface area contributed by atoms with Crippen LogP contribution < -0.4 is 9.62 Å². The molecular weight excluding hydrogens is 372 g/mol.